The molecule has 2 spiro atoms. The van der Waals surface area contributed by atoms with Gasteiger partial charge in [-0.2, -0.15) is 10.5 Å². The van der Waals surface area contributed by atoms with Gasteiger partial charge in [-0.3, -0.25) is 0 Å². The first-order valence-electron chi connectivity index (χ1n) is 9.16. The summed E-state index contributed by atoms with van der Waals surface area (Å²) in [6, 6.07) is 4.83. The number of rotatable bonds is 0. The Labute approximate surface area is 149 Å². The average molecular weight is 342 g/mol. The van der Waals surface area contributed by atoms with Crippen molar-refractivity contribution < 1.29 is 9.47 Å². The molecule has 4 rings (SSSR count). The topological polar surface area (TPSA) is 104 Å². The molecule has 0 aromatic heterocycles. The molecule has 2 heterocycles. The summed E-state index contributed by atoms with van der Waals surface area (Å²) in [7, 11) is 0. The molecule has 0 radical (unpaired) electrons. The van der Waals surface area contributed by atoms with Crippen molar-refractivity contribution >= 4 is 5.84 Å². The maximum atomic E-state index is 10.2. The lowest BCUT2D eigenvalue weighted by molar-refractivity contribution is -0.202. The highest BCUT2D eigenvalue weighted by atomic mass is 16.8. The maximum Gasteiger partial charge on any atom is 0.293 e. The van der Waals surface area contributed by atoms with Gasteiger partial charge in [-0.25, -0.2) is 4.99 Å². The molecule has 134 valence electrons. The zero-order valence-electron chi connectivity index (χ0n) is 15.4. The van der Waals surface area contributed by atoms with Crippen LogP contribution in [-0.4, -0.2) is 24.5 Å². The van der Waals surface area contributed by atoms with Gasteiger partial charge in [-0.1, -0.05) is 20.8 Å². The van der Waals surface area contributed by atoms with E-state index >= 15 is 0 Å². The second-order valence-electron chi connectivity index (χ2n) is 9.26. The Balaban J connectivity index is 1.78. The second kappa shape index (κ2) is 4.55. The zero-order chi connectivity index (χ0) is 18.3. The highest BCUT2D eigenvalue weighted by molar-refractivity contribution is 6.00. The Morgan fingerprint density at radius 1 is 1.20 bits per heavy atom. The number of aliphatic imine (C=N–C) groups is 1. The summed E-state index contributed by atoms with van der Waals surface area (Å²) in [4.78, 5) is 4.41. The number of ether oxygens (including phenoxy) is 2. The molecular formula is C19H26N4O2. The minimum atomic E-state index is -1.41. The average Bonchev–Trinajstić information content (AvgIpc) is 2.74. The number of nitrogens with zero attached hydrogens (tertiary/aromatic N) is 3. The Morgan fingerprint density at radius 3 is 2.28 bits per heavy atom. The molecule has 0 aromatic rings. The molecule has 6 nitrogen and oxygen atoms in total. The summed E-state index contributed by atoms with van der Waals surface area (Å²) in [6.45, 7) is 9.02. The third-order valence-corrected chi connectivity index (χ3v) is 7.34. The lowest BCUT2D eigenvalue weighted by Crippen LogP contribution is -2.43. The van der Waals surface area contributed by atoms with E-state index in [4.69, 9.17) is 15.2 Å². The fourth-order valence-electron chi connectivity index (χ4n) is 6.06. The van der Waals surface area contributed by atoms with E-state index < -0.39 is 22.2 Å². The second-order valence-corrected chi connectivity index (χ2v) is 9.26. The summed E-state index contributed by atoms with van der Waals surface area (Å²) >= 11 is 0. The number of fused-ring (bicyclic) bond motifs is 4. The van der Waals surface area contributed by atoms with Crippen LogP contribution < -0.4 is 5.73 Å². The van der Waals surface area contributed by atoms with Crippen LogP contribution in [0.5, 0.6) is 0 Å². The zero-order valence-corrected chi connectivity index (χ0v) is 15.4. The first kappa shape index (κ1) is 16.8. The molecule has 2 saturated carbocycles. The van der Waals surface area contributed by atoms with Crippen LogP contribution in [0.1, 0.15) is 53.4 Å². The Morgan fingerprint density at radius 2 is 1.84 bits per heavy atom. The standard InChI is InChI=1S/C19H26N4O2/c1-12-9-24-19(25-12)18(11-21)16(17(18,10-20)14(22)23-19)7-5-13(6-8-16)15(2,3)4/h12-13H,5-9H2,1-4H3,(H2,22,23)/t12-,13?,16?,17+,18-,19+/m1/s1. The molecule has 2 N–H and O–H groups in total. The van der Waals surface area contributed by atoms with Gasteiger partial charge in [0.05, 0.1) is 24.8 Å². The van der Waals surface area contributed by atoms with Crippen molar-refractivity contribution in [2.45, 2.75) is 65.4 Å². The molecule has 25 heavy (non-hydrogen) atoms. The Bertz CT molecular complexity index is 734. The highest BCUT2D eigenvalue weighted by Gasteiger charge is 3.00. The fourth-order valence-corrected chi connectivity index (χ4v) is 6.06. The lowest BCUT2D eigenvalue weighted by atomic mass is 9.65. The number of amidine groups is 1. The molecule has 2 aliphatic carbocycles. The van der Waals surface area contributed by atoms with E-state index in [1.165, 1.54) is 0 Å². The molecule has 0 bridgehead atoms. The predicted octanol–water partition coefficient (Wildman–Crippen LogP) is 2.70. The smallest absolute Gasteiger partial charge is 0.293 e. The monoisotopic (exact) mass is 342 g/mol. The van der Waals surface area contributed by atoms with E-state index in [-0.39, 0.29) is 17.4 Å². The van der Waals surface area contributed by atoms with Crippen molar-refractivity contribution in [3.63, 3.8) is 0 Å². The van der Waals surface area contributed by atoms with E-state index in [9.17, 15) is 10.5 Å². The predicted molar refractivity (Wildman–Crippen MR) is 90.8 cm³/mol. The quantitative estimate of drug-likeness (QED) is 0.729. The van der Waals surface area contributed by atoms with Gasteiger partial charge in [0.15, 0.2) is 5.41 Å². The van der Waals surface area contributed by atoms with Gasteiger partial charge in [-0.05, 0) is 43.9 Å². The van der Waals surface area contributed by atoms with Gasteiger partial charge >= 0.3 is 0 Å². The fraction of sp³-hybridized carbons (Fsp3) is 0.842. The van der Waals surface area contributed by atoms with Crippen molar-refractivity contribution in [2.24, 2.45) is 38.3 Å². The lowest BCUT2D eigenvalue weighted by Gasteiger charge is -2.40. The first-order chi connectivity index (χ1) is 11.7. The molecule has 4 aliphatic rings. The van der Waals surface area contributed by atoms with E-state index in [0.717, 1.165) is 25.7 Å². The van der Waals surface area contributed by atoms with Crippen molar-refractivity contribution in [2.75, 3.05) is 6.61 Å². The molecule has 6 heteroatoms. The summed E-state index contributed by atoms with van der Waals surface area (Å²) in [5.74, 6) is -0.612. The maximum absolute atomic E-state index is 10.2. The summed E-state index contributed by atoms with van der Waals surface area (Å²) in [5, 5.41) is 20.4. The van der Waals surface area contributed by atoms with Crippen molar-refractivity contribution in [1.29, 1.82) is 10.5 Å². The minimum absolute atomic E-state index is 0.167. The molecule has 0 aromatic carbocycles. The summed E-state index contributed by atoms with van der Waals surface area (Å²) in [5.41, 5.74) is 3.77. The van der Waals surface area contributed by atoms with Gasteiger partial charge in [-0.15, -0.1) is 0 Å². The number of hydrogen-bond donors (Lipinski definition) is 1. The van der Waals surface area contributed by atoms with E-state index in [1.807, 2.05) is 6.92 Å². The van der Waals surface area contributed by atoms with Gasteiger partial charge in [0.1, 0.15) is 11.3 Å². The molecule has 4 atom stereocenters. The van der Waals surface area contributed by atoms with Gasteiger partial charge < -0.3 is 15.2 Å². The third-order valence-electron chi connectivity index (χ3n) is 7.34. The third kappa shape index (κ3) is 1.51. The SMILES string of the molecule is C[C@@H]1CO[C@]2(N=C(N)[C@@]3(C#N)C4(CCC(C(C)(C)C)CC4)[C@@]23C#N)O1. The van der Waals surface area contributed by atoms with Crippen LogP contribution in [-0.2, 0) is 9.47 Å². The first-order valence-corrected chi connectivity index (χ1v) is 9.16. The van der Waals surface area contributed by atoms with Crippen molar-refractivity contribution in [3.05, 3.63) is 0 Å². The molecule has 3 fully saturated rings. The van der Waals surface area contributed by atoms with Crippen LogP contribution >= 0.6 is 0 Å². The number of hydrogen-bond acceptors (Lipinski definition) is 6. The Kier molecular flexibility index (Phi) is 3.06. The molecule has 0 unspecified atom stereocenters. The number of nitrogens with two attached hydrogens (primary N) is 1. The van der Waals surface area contributed by atoms with Crippen LogP contribution in [0.15, 0.2) is 4.99 Å². The summed E-state index contributed by atoms with van der Waals surface area (Å²) in [6.07, 6.45) is 3.37. The van der Waals surface area contributed by atoms with Crippen molar-refractivity contribution in [3.8, 4) is 12.1 Å². The molecule has 2 aliphatic heterocycles. The van der Waals surface area contributed by atoms with Gasteiger partial charge in [0.25, 0.3) is 5.91 Å². The normalized spacial score (nSPS) is 51.0. The van der Waals surface area contributed by atoms with Crippen LogP contribution in [0.2, 0.25) is 0 Å². The van der Waals surface area contributed by atoms with Crippen molar-refractivity contribution in [1.82, 2.24) is 0 Å². The molecule has 1 saturated heterocycles. The van der Waals surface area contributed by atoms with E-state index in [0.29, 0.717) is 12.5 Å². The summed E-state index contributed by atoms with van der Waals surface area (Å²) < 4.78 is 11.9. The van der Waals surface area contributed by atoms with Crippen LogP contribution in [0.3, 0.4) is 0 Å². The highest BCUT2D eigenvalue weighted by Crippen LogP contribution is 2.89. The molecule has 0 amide bonds. The number of nitriles is 2. The van der Waals surface area contributed by atoms with Crippen LogP contribution in [0.4, 0.5) is 0 Å². The minimum Gasteiger partial charge on any atom is -0.386 e. The van der Waals surface area contributed by atoms with Gasteiger partial charge in [0, 0.05) is 5.41 Å². The Hall–Kier alpha value is -1.63. The van der Waals surface area contributed by atoms with Crippen LogP contribution in [0, 0.1) is 50.2 Å². The van der Waals surface area contributed by atoms with Crippen LogP contribution in [0.25, 0.3) is 0 Å². The largest absolute Gasteiger partial charge is 0.386 e. The van der Waals surface area contributed by atoms with Gasteiger partial charge in [0.2, 0.25) is 0 Å². The van der Waals surface area contributed by atoms with E-state index in [1.54, 1.807) is 0 Å². The van der Waals surface area contributed by atoms with E-state index in [2.05, 4.69) is 37.9 Å². The molecular weight excluding hydrogens is 316 g/mol.